The number of nitrogens with one attached hydrogen (secondary N) is 2. The van der Waals surface area contributed by atoms with Crippen LogP contribution in [0.3, 0.4) is 0 Å². The maximum absolute atomic E-state index is 5.56. The standard InChI is InChI=1S/C9H16N3/c1-4-7-11-9(6-3)12-8(10)5-2/h4-9,11-12H,1-3,10H2. The number of hydrogen-bond acceptors (Lipinski definition) is 3. The number of nitrogens with two attached hydrogens (primary N) is 1. The van der Waals surface area contributed by atoms with Gasteiger partial charge in [0.1, 0.15) is 0 Å². The van der Waals surface area contributed by atoms with Gasteiger partial charge in [0.25, 0.3) is 0 Å². The average Bonchev–Trinajstić information content (AvgIpc) is 2.11. The molecule has 4 N–H and O–H groups in total. The van der Waals surface area contributed by atoms with Crippen LogP contribution in [0.25, 0.3) is 0 Å². The largest absolute Gasteiger partial charge is 0.313 e. The monoisotopic (exact) mass is 166 g/mol. The Balaban J connectivity index is 3.73. The second-order valence-electron chi connectivity index (χ2n) is 2.21. The van der Waals surface area contributed by atoms with Crippen LogP contribution in [0.1, 0.15) is 0 Å². The van der Waals surface area contributed by atoms with Crippen molar-refractivity contribution < 1.29 is 0 Å². The molecule has 1 radical (unpaired) electrons. The Morgan fingerprint density at radius 2 is 1.83 bits per heavy atom. The van der Waals surface area contributed by atoms with E-state index in [4.69, 9.17) is 5.73 Å². The summed E-state index contributed by atoms with van der Waals surface area (Å²) in [5, 5.41) is 5.99. The van der Waals surface area contributed by atoms with Gasteiger partial charge in [0.2, 0.25) is 0 Å². The van der Waals surface area contributed by atoms with Crippen LogP contribution in [0.15, 0.2) is 38.0 Å². The minimum absolute atomic E-state index is 0.0593. The van der Waals surface area contributed by atoms with E-state index in [9.17, 15) is 0 Å². The van der Waals surface area contributed by atoms with Crippen LogP contribution in [0.2, 0.25) is 0 Å². The minimum atomic E-state index is -0.237. The lowest BCUT2D eigenvalue weighted by atomic mass is 10.4. The molecule has 0 aromatic carbocycles. The first-order chi connectivity index (χ1) is 5.74. The molecule has 67 valence electrons. The van der Waals surface area contributed by atoms with E-state index >= 15 is 0 Å². The van der Waals surface area contributed by atoms with Gasteiger partial charge < -0.3 is 5.73 Å². The highest BCUT2D eigenvalue weighted by Gasteiger charge is 2.03. The smallest absolute Gasteiger partial charge is 0.0781 e. The van der Waals surface area contributed by atoms with E-state index < -0.39 is 0 Å². The third kappa shape index (κ3) is 4.85. The molecule has 2 unspecified atom stereocenters. The van der Waals surface area contributed by atoms with E-state index in [1.807, 2.05) is 0 Å². The fraction of sp³-hybridized carbons (Fsp3) is 0.222. The normalized spacial score (nSPS) is 14.8. The van der Waals surface area contributed by atoms with Gasteiger partial charge in [-0.25, -0.2) is 0 Å². The van der Waals surface area contributed by atoms with Gasteiger partial charge in [-0.15, -0.1) is 19.7 Å². The molecule has 0 saturated carbocycles. The minimum Gasteiger partial charge on any atom is -0.313 e. The lowest BCUT2D eigenvalue weighted by Gasteiger charge is -2.18. The quantitative estimate of drug-likeness (QED) is 0.381. The Morgan fingerprint density at radius 3 is 2.25 bits per heavy atom. The second kappa shape index (κ2) is 6.79. The Bertz CT molecular complexity index is 154. The molecule has 3 heteroatoms. The zero-order valence-electron chi connectivity index (χ0n) is 7.16. The van der Waals surface area contributed by atoms with Crippen LogP contribution < -0.4 is 16.4 Å². The summed E-state index contributed by atoms with van der Waals surface area (Å²) >= 11 is 0. The lowest BCUT2D eigenvalue weighted by Crippen LogP contribution is -2.47. The molecule has 0 saturated heterocycles. The molecule has 0 spiro atoms. The van der Waals surface area contributed by atoms with E-state index in [1.165, 1.54) is 0 Å². The van der Waals surface area contributed by atoms with Crippen molar-refractivity contribution >= 4 is 0 Å². The van der Waals surface area contributed by atoms with Crippen molar-refractivity contribution in [2.45, 2.75) is 12.3 Å². The Kier molecular flexibility index (Phi) is 6.28. The highest BCUT2D eigenvalue weighted by Crippen LogP contribution is 1.84. The summed E-state index contributed by atoms with van der Waals surface area (Å²) in [7, 11) is 0. The van der Waals surface area contributed by atoms with E-state index in [1.54, 1.807) is 24.8 Å². The van der Waals surface area contributed by atoms with Crippen molar-refractivity contribution in [1.29, 1.82) is 0 Å². The average molecular weight is 166 g/mol. The molecule has 0 heterocycles. The van der Waals surface area contributed by atoms with E-state index in [2.05, 4.69) is 30.4 Å². The van der Waals surface area contributed by atoms with Crippen LogP contribution in [-0.4, -0.2) is 12.3 Å². The van der Waals surface area contributed by atoms with Gasteiger partial charge in [-0.05, 0) is 0 Å². The predicted octanol–water partition coefficient (Wildman–Crippen LogP) is 0.496. The molecule has 0 amide bonds. The first kappa shape index (κ1) is 11.1. The van der Waals surface area contributed by atoms with Crippen LogP contribution in [-0.2, 0) is 0 Å². The maximum atomic E-state index is 5.56. The summed E-state index contributed by atoms with van der Waals surface area (Å²) in [5.41, 5.74) is 5.56. The van der Waals surface area contributed by atoms with Gasteiger partial charge in [0.05, 0.1) is 12.3 Å². The molecule has 0 aliphatic rings. The molecular weight excluding hydrogens is 150 g/mol. The summed E-state index contributed by atoms with van der Waals surface area (Å²) in [6.07, 6.45) is 4.68. The molecule has 3 nitrogen and oxygen atoms in total. The summed E-state index contributed by atoms with van der Waals surface area (Å²) in [6.45, 7) is 12.4. The van der Waals surface area contributed by atoms with Crippen molar-refractivity contribution in [3.8, 4) is 0 Å². The van der Waals surface area contributed by atoms with Gasteiger partial charge in [-0.3, -0.25) is 10.6 Å². The van der Waals surface area contributed by atoms with Crippen LogP contribution in [0.4, 0.5) is 0 Å². The van der Waals surface area contributed by atoms with Gasteiger partial charge in [0, 0.05) is 6.54 Å². The zero-order chi connectivity index (χ0) is 9.40. The molecule has 2 atom stereocenters. The van der Waals surface area contributed by atoms with Gasteiger partial charge in [-0.1, -0.05) is 18.2 Å². The van der Waals surface area contributed by atoms with Gasteiger partial charge in [-0.2, -0.15) is 0 Å². The Morgan fingerprint density at radius 1 is 1.17 bits per heavy atom. The van der Waals surface area contributed by atoms with Crippen molar-refractivity contribution in [2.24, 2.45) is 5.73 Å². The number of rotatable bonds is 7. The molecule has 0 aliphatic heterocycles. The van der Waals surface area contributed by atoms with Crippen LogP contribution in [0, 0.1) is 6.54 Å². The fourth-order valence-corrected chi connectivity index (χ4v) is 0.631. The molecule has 0 aliphatic carbocycles. The van der Waals surface area contributed by atoms with Crippen molar-refractivity contribution in [1.82, 2.24) is 10.6 Å². The molecule has 12 heavy (non-hydrogen) atoms. The SMILES string of the molecule is C=C[CH]NC(C=C)NC(N)C=C. The summed E-state index contributed by atoms with van der Waals surface area (Å²) < 4.78 is 0. The predicted molar refractivity (Wildman–Crippen MR) is 52.9 cm³/mol. The third-order valence-corrected chi connectivity index (χ3v) is 1.26. The van der Waals surface area contributed by atoms with Crippen molar-refractivity contribution in [3.05, 3.63) is 44.5 Å². The Labute approximate surface area is 74.0 Å². The first-order valence-electron chi connectivity index (χ1n) is 3.71. The zero-order valence-corrected chi connectivity index (χ0v) is 7.16. The van der Waals surface area contributed by atoms with Crippen LogP contribution >= 0.6 is 0 Å². The van der Waals surface area contributed by atoms with Gasteiger partial charge >= 0.3 is 0 Å². The molecule has 0 fully saturated rings. The van der Waals surface area contributed by atoms with Crippen LogP contribution in [0.5, 0.6) is 0 Å². The van der Waals surface area contributed by atoms with E-state index in [0.717, 1.165) is 0 Å². The topological polar surface area (TPSA) is 50.1 Å². The first-order valence-corrected chi connectivity index (χ1v) is 3.71. The second-order valence-corrected chi connectivity index (χ2v) is 2.21. The maximum Gasteiger partial charge on any atom is 0.0781 e. The van der Waals surface area contributed by atoms with Gasteiger partial charge in [0.15, 0.2) is 0 Å². The fourth-order valence-electron chi connectivity index (χ4n) is 0.631. The number of hydrogen-bond donors (Lipinski definition) is 3. The molecule has 0 bridgehead atoms. The third-order valence-electron chi connectivity index (χ3n) is 1.26. The molecule has 0 aromatic rings. The molecule has 0 aromatic heterocycles. The van der Waals surface area contributed by atoms with Crippen molar-refractivity contribution in [2.75, 3.05) is 0 Å². The molecular formula is C9H16N3. The highest BCUT2D eigenvalue weighted by molar-refractivity contribution is 4.95. The van der Waals surface area contributed by atoms with Crippen molar-refractivity contribution in [3.63, 3.8) is 0 Å². The van der Waals surface area contributed by atoms with E-state index in [-0.39, 0.29) is 12.3 Å². The summed E-state index contributed by atoms with van der Waals surface area (Å²) in [4.78, 5) is 0. The molecule has 0 rings (SSSR count). The summed E-state index contributed by atoms with van der Waals surface area (Å²) in [6, 6.07) is 0. The summed E-state index contributed by atoms with van der Waals surface area (Å²) in [5.74, 6) is 0. The van der Waals surface area contributed by atoms with E-state index in [0.29, 0.717) is 0 Å². The lowest BCUT2D eigenvalue weighted by molar-refractivity contribution is 0.498. The Hall–Kier alpha value is -0.900. The highest BCUT2D eigenvalue weighted by atomic mass is 15.2.